The number of hydrogen-bond acceptors (Lipinski definition) is 5. The lowest BCUT2D eigenvalue weighted by Crippen LogP contribution is -2.46. The molecule has 0 bridgehead atoms. The minimum absolute atomic E-state index is 0.0191. The monoisotopic (exact) mass is 317 g/mol. The zero-order valence-electron chi connectivity index (χ0n) is 12.1. The summed E-state index contributed by atoms with van der Waals surface area (Å²) in [6.07, 6.45) is 1.95. The fourth-order valence-electron chi connectivity index (χ4n) is 2.48. The third-order valence-electron chi connectivity index (χ3n) is 3.48. The molecule has 1 aromatic rings. The van der Waals surface area contributed by atoms with Crippen LogP contribution in [0.25, 0.3) is 0 Å². The average Bonchev–Trinajstić information content (AvgIpc) is 2.85. The highest BCUT2D eigenvalue weighted by atomic mass is 32.2. The fraction of sp³-hybridized carbons (Fsp3) is 0.692. The molecule has 2 rings (SSSR count). The van der Waals surface area contributed by atoms with Gasteiger partial charge in [0.25, 0.3) is 0 Å². The number of sulfonamides is 1. The fourth-order valence-corrected chi connectivity index (χ4v) is 5.16. The van der Waals surface area contributed by atoms with Crippen molar-refractivity contribution in [3.05, 3.63) is 16.3 Å². The van der Waals surface area contributed by atoms with E-state index < -0.39 is 10.0 Å². The molecule has 7 heteroatoms. The smallest absolute Gasteiger partial charge is 0.242 e. The molecule has 0 aromatic carbocycles. The van der Waals surface area contributed by atoms with E-state index in [9.17, 15) is 8.42 Å². The Bertz CT molecular complexity index is 527. The molecule has 1 unspecified atom stereocenters. The zero-order chi connectivity index (χ0) is 14.6. The van der Waals surface area contributed by atoms with Gasteiger partial charge in [-0.1, -0.05) is 6.92 Å². The summed E-state index contributed by atoms with van der Waals surface area (Å²) in [6, 6.07) is 1.72. The molecule has 20 heavy (non-hydrogen) atoms. The summed E-state index contributed by atoms with van der Waals surface area (Å²) in [5.41, 5.74) is 0. The molecular weight excluding hydrogens is 294 g/mol. The van der Waals surface area contributed by atoms with Crippen molar-refractivity contribution in [2.24, 2.45) is 0 Å². The summed E-state index contributed by atoms with van der Waals surface area (Å²) in [6.45, 7) is 5.28. The Morgan fingerprint density at radius 2 is 2.30 bits per heavy atom. The molecule has 1 aliphatic heterocycles. The number of nitrogens with zero attached hydrogens (tertiary/aromatic N) is 1. The van der Waals surface area contributed by atoms with Crippen LogP contribution < -0.4 is 10.0 Å². The largest absolute Gasteiger partial charge is 0.312 e. The molecule has 2 N–H and O–H groups in total. The Labute approximate surface area is 125 Å². The number of likely N-dealkylation sites (tertiary alicyclic amines) is 1. The normalized spacial score (nSPS) is 21.2. The second-order valence-electron chi connectivity index (χ2n) is 5.21. The highest BCUT2D eigenvalue weighted by Gasteiger charge is 2.25. The molecule has 1 aromatic heterocycles. The number of likely N-dealkylation sites (N-methyl/N-ethyl adjacent to an activating group) is 1. The summed E-state index contributed by atoms with van der Waals surface area (Å²) in [7, 11) is -1.38. The first kappa shape index (κ1) is 15.9. The van der Waals surface area contributed by atoms with E-state index in [4.69, 9.17) is 0 Å². The minimum Gasteiger partial charge on any atom is -0.312 e. The third-order valence-corrected chi connectivity index (χ3v) is 6.13. The maximum absolute atomic E-state index is 12.5. The lowest BCUT2D eigenvalue weighted by atomic mass is 10.1. The van der Waals surface area contributed by atoms with Gasteiger partial charge in [-0.3, -0.25) is 0 Å². The van der Waals surface area contributed by atoms with Crippen molar-refractivity contribution in [2.75, 3.05) is 26.7 Å². The molecule has 2 heterocycles. The molecule has 0 spiro atoms. The molecule has 114 valence electrons. The summed E-state index contributed by atoms with van der Waals surface area (Å²) < 4.78 is 27.9. The SMILES string of the molecule is CCNCc1sccc1S(=O)(=O)NC1CCCN(C)C1. The third kappa shape index (κ3) is 4.02. The van der Waals surface area contributed by atoms with E-state index in [2.05, 4.69) is 14.9 Å². The van der Waals surface area contributed by atoms with Crippen LogP contribution >= 0.6 is 11.3 Å². The molecule has 0 saturated carbocycles. The lowest BCUT2D eigenvalue weighted by Gasteiger charge is -2.30. The molecule has 1 fully saturated rings. The van der Waals surface area contributed by atoms with Gasteiger partial charge in [0.2, 0.25) is 10.0 Å². The summed E-state index contributed by atoms with van der Waals surface area (Å²) in [4.78, 5) is 3.48. The van der Waals surface area contributed by atoms with Gasteiger partial charge >= 0.3 is 0 Å². The van der Waals surface area contributed by atoms with Crippen molar-refractivity contribution >= 4 is 21.4 Å². The van der Waals surface area contributed by atoms with Crippen molar-refractivity contribution in [3.63, 3.8) is 0 Å². The first-order chi connectivity index (χ1) is 9.53. The molecule has 0 amide bonds. The van der Waals surface area contributed by atoms with Gasteiger partial charge in [0.15, 0.2) is 0 Å². The van der Waals surface area contributed by atoms with Crippen LogP contribution in [0.5, 0.6) is 0 Å². The molecule has 0 radical (unpaired) electrons. The molecule has 1 atom stereocenters. The van der Waals surface area contributed by atoms with Crippen LogP contribution in [0.1, 0.15) is 24.6 Å². The lowest BCUT2D eigenvalue weighted by molar-refractivity contribution is 0.242. The van der Waals surface area contributed by atoms with Crippen LogP contribution in [0.3, 0.4) is 0 Å². The number of thiophene rings is 1. The van der Waals surface area contributed by atoms with Gasteiger partial charge in [-0.15, -0.1) is 11.3 Å². The van der Waals surface area contributed by atoms with Gasteiger partial charge in [0, 0.05) is 24.0 Å². The van der Waals surface area contributed by atoms with Gasteiger partial charge in [-0.2, -0.15) is 0 Å². The van der Waals surface area contributed by atoms with Gasteiger partial charge in [0.05, 0.1) is 4.90 Å². The number of hydrogen-bond donors (Lipinski definition) is 2. The standard InChI is InChI=1S/C13H23N3O2S2/c1-3-14-9-12-13(6-8-19-12)20(17,18)15-11-5-4-7-16(2)10-11/h6,8,11,14-15H,3-5,7,9-10H2,1-2H3. The van der Waals surface area contributed by atoms with Crippen molar-refractivity contribution < 1.29 is 8.42 Å². The van der Waals surface area contributed by atoms with E-state index in [1.807, 2.05) is 19.4 Å². The Balaban J connectivity index is 2.08. The molecule has 0 aliphatic carbocycles. The van der Waals surface area contributed by atoms with E-state index in [0.29, 0.717) is 11.4 Å². The van der Waals surface area contributed by atoms with Crippen molar-refractivity contribution in [3.8, 4) is 0 Å². The van der Waals surface area contributed by atoms with E-state index >= 15 is 0 Å². The van der Waals surface area contributed by atoms with Gasteiger partial charge < -0.3 is 10.2 Å². The van der Waals surface area contributed by atoms with Crippen molar-refractivity contribution in [2.45, 2.75) is 37.2 Å². The molecule has 5 nitrogen and oxygen atoms in total. The maximum Gasteiger partial charge on any atom is 0.242 e. The van der Waals surface area contributed by atoms with Crippen LogP contribution in [0, 0.1) is 0 Å². The average molecular weight is 317 g/mol. The predicted octanol–water partition coefficient (Wildman–Crippen LogP) is 1.23. The summed E-state index contributed by atoms with van der Waals surface area (Å²) in [5.74, 6) is 0. The quantitative estimate of drug-likeness (QED) is 0.828. The molecule has 1 aliphatic rings. The van der Waals surface area contributed by atoms with Gasteiger partial charge in [0.1, 0.15) is 0 Å². The second-order valence-corrected chi connectivity index (χ2v) is 7.89. The predicted molar refractivity (Wildman–Crippen MR) is 82.5 cm³/mol. The Morgan fingerprint density at radius 1 is 1.50 bits per heavy atom. The Hall–Kier alpha value is -0.470. The maximum atomic E-state index is 12.5. The van der Waals surface area contributed by atoms with Crippen molar-refractivity contribution in [1.29, 1.82) is 0 Å². The van der Waals surface area contributed by atoms with Crippen LogP contribution in [0.15, 0.2) is 16.3 Å². The summed E-state index contributed by atoms with van der Waals surface area (Å²) in [5, 5.41) is 5.03. The second kappa shape index (κ2) is 7.00. The molecule has 1 saturated heterocycles. The van der Waals surface area contributed by atoms with E-state index in [1.54, 1.807) is 6.07 Å². The Kier molecular flexibility index (Phi) is 5.57. The zero-order valence-corrected chi connectivity index (χ0v) is 13.7. The Morgan fingerprint density at radius 3 is 3.00 bits per heavy atom. The van der Waals surface area contributed by atoms with Crippen LogP contribution in [0.2, 0.25) is 0 Å². The van der Waals surface area contributed by atoms with E-state index in [-0.39, 0.29) is 6.04 Å². The van der Waals surface area contributed by atoms with Crippen LogP contribution in [-0.4, -0.2) is 46.0 Å². The number of nitrogens with one attached hydrogen (secondary N) is 2. The van der Waals surface area contributed by atoms with Gasteiger partial charge in [-0.05, 0) is 44.4 Å². The minimum atomic E-state index is -3.41. The first-order valence-electron chi connectivity index (χ1n) is 7.01. The summed E-state index contributed by atoms with van der Waals surface area (Å²) >= 11 is 1.49. The van der Waals surface area contributed by atoms with E-state index in [0.717, 1.165) is 37.4 Å². The van der Waals surface area contributed by atoms with Crippen LogP contribution in [-0.2, 0) is 16.6 Å². The topological polar surface area (TPSA) is 61.4 Å². The number of rotatable bonds is 6. The number of piperidine rings is 1. The highest BCUT2D eigenvalue weighted by molar-refractivity contribution is 7.89. The first-order valence-corrected chi connectivity index (χ1v) is 9.37. The molecular formula is C13H23N3O2S2. The van der Waals surface area contributed by atoms with Gasteiger partial charge in [-0.25, -0.2) is 13.1 Å². The highest BCUT2D eigenvalue weighted by Crippen LogP contribution is 2.22. The van der Waals surface area contributed by atoms with Crippen molar-refractivity contribution in [1.82, 2.24) is 14.9 Å². The van der Waals surface area contributed by atoms with E-state index in [1.165, 1.54) is 11.3 Å². The van der Waals surface area contributed by atoms with Crippen LogP contribution in [0.4, 0.5) is 0 Å².